The summed E-state index contributed by atoms with van der Waals surface area (Å²) in [7, 11) is 0. The first-order valence-corrected chi connectivity index (χ1v) is 10.4. The third-order valence-electron chi connectivity index (χ3n) is 5.20. The molecule has 29 heavy (non-hydrogen) atoms. The summed E-state index contributed by atoms with van der Waals surface area (Å²) in [5, 5.41) is 6.35. The molecule has 0 radical (unpaired) electrons. The smallest absolute Gasteiger partial charge is 0.260 e. The lowest BCUT2D eigenvalue weighted by atomic mass is 10.1. The number of nitrogens with one attached hydrogen (secondary N) is 2. The van der Waals surface area contributed by atoms with E-state index in [1.54, 1.807) is 18.2 Å². The van der Waals surface area contributed by atoms with Crippen LogP contribution in [-0.4, -0.2) is 62.1 Å². The molecule has 0 bridgehead atoms. The Morgan fingerprint density at radius 2 is 1.93 bits per heavy atom. The highest BCUT2D eigenvalue weighted by Gasteiger charge is 2.20. The van der Waals surface area contributed by atoms with Crippen molar-refractivity contribution in [2.75, 3.05) is 39.4 Å². The van der Waals surface area contributed by atoms with Gasteiger partial charge in [0.05, 0.1) is 6.61 Å². The molecule has 2 saturated heterocycles. The molecular weight excluding hydrogens is 394 g/mol. The molecule has 2 N–H and O–H groups in total. The van der Waals surface area contributed by atoms with Gasteiger partial charge in [0.2, 0.25) is 0 Å². The second kappa shape index (κ2) is 11.9. The third-order valence-corrected chi connectivity index (χ3v) is 5.20. The predicted octanol–water partition coefficient (Wildman–Crippen LogP) is 2.38. The molecular formula is C21H32ClN3O4. The number of nitrogens with zero attached hydrogens (tertiary/aromatic N) is 1. The average molecular weight is 426 g/mol. The fourth-order valence-electron chi connectivity index (χ4n) is 3.65. The molecule has 0 spiro atoms. The van der Waals surface area contributed by atoms with Crippen molar-refractivity contribution < 1.29 is 19.1 Å². The molecule has 2 aliphatic heterocycles. The first-order chi connectivity index (χ1) is 13.7. The number of hydrogen-bond acceptors (Lipinski definition) is 5. The highest BCUT2D eigenvalue weighted by Crippen LogP contribution is 2.29. The molecule has 7 nitrogen and oxygen atoms in total. The molecule has 0 saturated carbocycles. The van der Waals surface area contributed by atoms with E-state index in [4.69, 9.17) is 9.47 Å². The molecule has 162 valence electrons. The van der Waals surface area contributed by atoms with Crippen molar-refractivity contribution in [1.29, 1.82) is 0 Å². The van der Waals surface area contributed by atoms with E-state index < -0.39 is 0 Å². The highest BCUT2D eigenvalue weighted by atomic mass is 35.5. The lowest BCUT2D eigenvalue weighted by Crippen LogP contribution is -2.45. The number of halogens is 1. The fourth-order valence-corrected chi connectivity index (χ4v) is 3.65. The topological polar surface area (TPSA) is 79.9 Å². The standard InChI is InChI=1S/C21H31N3O4.ClH/c1-2-27-19-13-16(21(26)23-17-7-6-10-22-14-17)8-9-18(19)28-15-20(25)24-11-4-3-5-12-24;/h8-9,13,17,22H,2-7,10-12,14-15H2,1H3,(H,23,26);1H/t17-;/m0./s1. The highest BCUT2D eigenvalue weighted by molar-refractivity contribution is 5.95. The summed E-state index contributed by atoms with van der Waals surface area (Å²) < 4.78 is 11.4. The Hall–Kier alpha value is -1.99. The van der Waals surface area contributed by atoms with Gasteiger partial charge in [0.1, 0.15) is 0 Å². The minimum Gasteiger partial charge on any atom is -0.490 e. The second-order valence-electron chi connectivity index (χ2n) is 7.34. The molecule has 1 aromatic rings. The van der Waals surface area contributed by atoms with Crippen LogP contribution in [0.15, 0.2) is 18.2 Å². The van der Waals surface area contributed by atoms with E-state index in [0.29, 0.717) is 23.7 Å². The summed E-state index contributed by atoms with van der Waals surface area (Å²) in [4.78, 5) is 26.7. The Kier molecular flexibility index (Phi) is 9.54. The zero-order chi connectivity index (χ0) is 19.8. The van der Waals surface area contributed by atoms with E-state index >= 15 is 0 Å². The number of hydrogen-bond donors (Lipinski definition) is 2. The quantitative estimate of drug-likeness (QED) is 0.701. The van der Waals surface area contributed by atoms with E-state index in [0.717, 1.165) is 51.9 Å². The van der Waals surface area contributed by atoms with Crippen LogP contribution in [0.4, 0.5) is 0 Å². The van der Waals surface area contributed by atoms with Crippen molar-refractivity contribution in [2.45, 2.75) is 45.1 Å². The normalized spacial score (nSPS) is 19.1. The Morgan fingerprint density at radius 3 is 2.62 bits per heavy atom. The molecule has 0 unspecified atom stereocenters. The largest absolute Gasteiger partial charge is 0.490 e. The Labute approximate surface area is 178 Å². The maximum Gasteiger partial charge on any atom is 0.260 e. The van der Waals surface area contributed by atoms with Crippen molar-refractivity contribution >= 4 is 24.2 Å². The van der Waals surface area contributed by atoms with E-state index in [1.807, 2.05) is 11.8 Å². The summed E-state index contributed by atoms with van der Waals surface area (Å²) in [5.41, 5.74) is 0.531. The van der Waals surface area contributed by atoms with Crippen LogP contribution >= 0.6 is 12.4 Å². The lowest BCUT2D eigenvalue weighted by Gasteiger charge is -2.26. The zero-order valence-electron chi connectivity index (χ0n) is 17.1. The van der Waals surface area contributed by atoms with Crippen LogP contribution in [-0.2, 0) is 4.79 Å². The van der Waals surface area contributed by atoms with Gasteiger partial charge in [0, 0.05) is 31.2 Å². The summed E-state index contributed by atoms with van der Waals surface area (Å²) in [6.07, 6.45) is 5.33. The monoisotopic (exact) mass is 425 g/mol. The third kappa shape index (κ3) is 6.78. The van der Waals surface area contributed by atoms with Gasteiger partial charge in [0.15, 0.2) is 18.1 Å². The van der Waals surface area contributed by atoms with Gasteiger partial charge in [-0.15, -0.1) is 12.4 Å². The van der Waals surface area contributed by atoms with E-state index in [2.05, 4.69) is 10.6 Å². The minimum absolute atomic E-state index is 0. The maximum absolute atomic E-state index is 12.6. The summed E-state index contributed by atoms with van der Waals surface area (Å²) in [5.74, 6) is 0.853. The average Bonchev–Trinajstić information content (AvgIpc) is 2.74. The van der Waals surface area contributed by atoms with Crippen LogP contribution in [0.2, 0.25) is 0 Å². The van der Waals surface area contributed by atoms with Gasteiger partial charge in [0.25, 0.3) is 11.8 Å². The maximum atomic E-state index is 12.6. The van der Waals surface area contributed by atoms with Crippen molar-refractivity contribution in [3.05, 3.63) is 23.8 Å². The number of piperidine rings is 2. The van der Waals surface area contributed by atoms with Crippen LogP contribution in [0.5, 0.6) is 11.5 Å². The van der Waals surface area contributed by atoms with Gasteiger partial charge in [-0.05, 0) is 63.8 Å². The van der Waals surface area contributed by atoms with Crippen molar-refractivity contribution in [2.24, 2.45) is 0 Å². The number of carbonyl (C=O) groups is 2. The van der Waals surface area contributed by atoms with E-state index in [9.17, 15) is 9.59 Å². The number of rotatable bonds is 7. The Balaban J connectivity index is 0.00000300. The van der Waals surface area contributed by atoms with Crippen molar-refractivity contribution in [3.63, 3.8) is 0 Å². The second-order valence-corrected chi connectivity index (χ2v) is 7.34. The molecule has 2 heterocycles. The van der Waals surface area contributed by atoms with Crippen LogP contribution in [0.3, 0.4) is 0 Å². The van der Waals surface area contributed by atoms with Gasteiger partial charge >= 0.3 is 0 Å². The molecule has 0 aromatic heterocycles. The van der Waals surface area contributed by atoms with Crippen LogP contribution < -0.4 is 20.1 Å². The molecule has 0 aliphatic carbocycles. The molecule has 2 amide bonds. The SMILES string of the molecule is CCOc1cc(C(=O)N[C@H]2CCCNC2)ccc1OCC(=O)N1CCCCC1.Cl. The number of likely N-dealkylation sites (tertiary alicyclic amines) is 1. The first-order valence-electron chi connectivity index (χ1n) is 10.4. The van der Waals surface area contributed by atoms with Crippen molar-refractivity contribution in [3.8, 4) is 11.5 Å². The fraction of sp³-hybridized carbons (Fsp3) is 0.619. The van der Waals surface area contributed by atoms with E-state index in [1.165, 1.54) is 6.42 Å². The van der Waals surface area contributed by atoms with Gasteiger partial charge < -0.3 is 25.0 Å². The van der Waals surface area contributed by atoms with Gasteiger partial charge in [-0.1, -0.05) is 0 Å². The predicted molar refractivity (Wildman–Crippen MR) is 114 cm³/mol. The molecule has 2 fully saturated rings. The van der Waals surface area contributed by atoms with E-state index in [-0.39, 0.29) is 36.9 Å². The molecule has 1 aromatic carbocycles. The lowest BCUT2D eigenvalue weighted by molar-refractivity contribution is -0.134. The Bertz CT molecular complexity index is 674. The summed E-state index contributed by atoms with van der Waals surface area (Å²) in [6.45, 7) is 5.72. The molecule has 3 rings (SSSR count). The summed E-state index contributed by atoms with van der Waals surface area (Å²) in [6, 6.07) is 5.27. The number of benzene rings is 1. The van der Waals surface area contributed by atoms with Crippen molar-refractivity contribution in [1.82, 2.24) is 15.5 Å². The number of ether oxygens (including phenoxy) is 2. The first kappa shape index (κ1) is 23.3. The van der Waals surface area contributed by atoms with Crippen LogP contribution in [0.25, 0.3) is 0 Å². The number of carbonyl (C=O) groups excluding carboxylic acids is 2. The van der Waals surface area contributed by atoms with Crippen LogP contribution in [0, 0.1) is 0 Å². The zero-order valence-corrected chi connectivity index (χ0v) is 17.9. The van der Waals surface area contributed by atoms with Gasteiger partial charge in [-0.2, -0.15) is 0 Å². The molecule has 1 atom stereocenters. The molecule has 2 aliphatic rings. The molecule has 8 heteroatoms. The Morgan fingerprint density at radius 1 is 1.14 bits per heavy atom. The van der Waals surface area contributed by atoms with Gasteiger partial charge in [-0.25, -0.2) is 0 Å². The number of amides is 2. The minimum atomic E-state index is -0.120. The van der Waals surface area contributed by atoms with Gasteiger partial charge in [-0.3, -0.25) is 9.59 Å². The van der Waals surface area contributed by atoms with Crippen LogP contribution in [0.1, 0.15) is 49.4 Å². The summed E-state index contributed by atoms with van der Waals surface area (Å²) >= 11 is 0.